The molecule has 0 aliphatic heterocycles. The van der Waals surface area contributed by atoms with Gasteiger partial charge in [0.2, 0.25) is 0 Å². The van der Waals surface area contributed by atoms with E-state index >= 15 is 0 Å². The normalized spacial score (nSPS) is 16.0. The zero-order valence-corrected chi connectivity index (χ0v) is 18.3. The molecule has 0 saturated carbocycles. The number of anilines is 1. The number of benzene rings is 1. The summed E-state index contributed by atoms with van der Waals surface area (Å²) in [5.74, 6) is 4.73. The lowest BCUT2D eigenvalue weighted by molar-refractivity contribution is -0.133. The number of carbonyl (C=O) groups excluding carboxylic acids is 3. The van der Waals surface area contributed by atoms with Crippen molar-refractivity contribution in [2.75, 3.05) is 12.3 Å². The molecule has 1 aromatic carbocycles. The summed E-state index contributed by atoms with van der Waals surface area (Å²) in [5.41, 5.74) is 8.28. The van der Waals surface area contributed by atoms with Gasteiger partial charge in [-0.25, -0.2) is 10.3 Å². The number of allylic oxidation sites excluding steroid dienone is 2. The van der Waals surface area contributed by atoms with Gasteiger partial charge in [-0.05, 0) is 51.5 Å². The Bertz CT molecular complexity index is 965. The van der Waals surface area contributed by atoms with Gasteiger partial charge in [0.15, 0.2) is 0 Å². The van der Waals surface area contributed by atoms with Gasteiger partial charge in [-0.15, -0.1) is 0 Å². The number of hydrogen-bond acceptors (Lipinski definition) is 6. The number of alkyl carbamates (subject to hydrolysis) is 1. The van der Waals surface area contributed by atoms with Crippen molar-refractivity contribution >= 4 is 23.6 Å². The van der Waals surface area contributed by atoms with E-state index in [0.717, 1.165) is 5.56 Å². The second kappa shape index (κ2) is 11.0. The lowest BCUT2D eigenvalue weighted by Crippen LogP contribution is -2.52. The molecule has 0 saturated heterocycles. The number of rotatable bonds is 5. The largest absolute Gasteiger partial charge is 0.444 e. The number of carbonyl (C=O) groups is 3. The van der Waals surface area contributed by atoms with Crippen LogP contribution in [0.15, 0.2) is 48.1 Å². The third-order valence-corrected chi connectivity index (χ3v) is 4.26. The van der Waals surface area contributed by atoms with Crippen molar-refractivity contribution in [3.63, 3.8) is 0 Å². The molecule has 0 radical (unpaired) electrons. The summed E-state index contributed by atoms with van der Waals surface area (Å²) in [6.07, 6.45) is 4.92. The van der Waals surface area contributed by atoms with E-state index in [-0.39, 0.29) is 12.5 Å². The molecule has 1 aliphatic carbocycles. The van der Waals surface area contributed by atoms with Crippen molar-refractivity contribution in [1.29, 1.82) is 0 Å². The smallest absolute Gasteiger partial charge is 0.407 e. The standard InChI is InChI=1S/C23H28N4O5/c1-23(2,3)32-22(30)25-14-19(21(29)27-31)26-20(28)17-10-6-15(7-11-17)4-5-16-8-12-18(24)13-9-16/h6,8-13,15,19,31H,7,14,24H2,1-3H3,(H,25,30)(H,26,28)(H,27,29). The fourth-order valence-corrected chi connectivity index (χ4v) is 2.67. The minimum atomic E-state index is -1.20. The highest BCUT2D eigenvalue weighted by Gasteiger charge is 2.24. The maximum atomic E-state index is 12.5. The minimum Gasteiger partial charge on any atom is -0.444 e. The summed E-state index contributed by atoms with van der Waals surface area (Å²) >= 11 is 0. The highest BCUT2D eigenvalue weighted by Crippen LogP contribution is 2.16. The third kappa shape index (κ3) is 8.16. The molecule has 9 heteroatoms. The Morgan fingerprint density at radius 3 is 2.50 bits per heavy atom. The summed E-state index contributed by atoms with van der Waals surface area (Å²) in [6.45, 7) is 4.82. The van der Waals surface area contributed by atoms with Gasteiger partial charge in [0.1, 0.15) is 11.6 Å². The molecule has 1 aromatic rings. The number of hydroxylamine groups is 1. The number of ether oxygens (including phenoxy) is 1. The summed E-state index contributed by atoms with van der Waals surface area (Å²) in [5, 5.41) is 13.8. The summed E-state index contributed by atoms with van der Waals surface area (Å²) in [6, 6.07) is 6.03. The molecular formula is C23H28N4O5. The number of nitrogens with two attached hydrogens (primary N) is 1. The molecule has 2 unspecified atom stereocenters. The van der Waals surface area contributed by atoms with Gasteiger partial charge in [0.25, 0.3) is 11.8 Å². The van der Waals surface area contributed by atoms with E-state index in [4.69, 9.17) is 15.7 Å². The van der Waals surface area contributed by atoms with Crippen molar-refractivity contribution in [3.05, 3.63) is 53.6 Å². The van der Waals surface area contributed by atoms with Crippen LogP contribution in [0.1, 0.15) is 32.8 Å². The molecule has 2 atom stereocenters. The van der Waals surface area contributed by atoms with E-state index < -0.39 is 29.6 Å². The predicted octanol–water partition coefficient (Wildman–Crippen LogP) is 1.64. The zero-order valence-electron chi connectivity index (χ0n) is 18.3. The molecule has 0 aromatic heterocycles. The van der Waals surface area contributed by atoms with Crippen LogP contribution in [-0.2, 0) is 14.3 Å². The number of nitrogens with one attached hydrogen (secondary N) is 3. The lowest BCUT2D eigenvalue weighted by Gasteiger charge is -2.22. The van der Waals surface area contributed by atoms with Crippen LogP contribution in [-0.4, -0.2) is 41.3 Å². The summed E-state index contributed by atoms with van der Waals surface area (Å²) in [7, 11) is 0. The molecule has 6 N–H and O–H groups in total. The van der Waals surface area contributed by atoms with E-state index in [9.17, 15) is 14.4 Å². The number of amides is 3. The molecular weight excluding hydrogens is 412 g/mol. The zero-order chi connectivity index (χ0) is 23.7. The van der Waals surface area contributed by atoms with Crippen molar-refractivity contribution in [1.82, 2.24) is 16.1 Å². The van der Waals surface area contributed by atoms with Crippen LogP contribution in [0.2, 0.25) is 0 Å². The van der Waals surface area contributed by atoms with E-state index in [0.29, 0.717) is 17.7 Å². The second-order valence-corrected chi connectivity index (χ2v) is 8.14. The topological polar surface area (TPSA) is 143 Å². The van der Waals surface area contributed by atoms with Crippen LogP contribution in [0.25, 0.3) is 0 Å². The maximum Gasteiger partial charge on any atom is 0.407 e. The van der Waals surface area contributed by atoms with E-state index in [1.807, 2.05) is 12.1 Å². The van der Waals surface area contributed by atoms with Gasteiger partial charge in [-0.1, -0.05) is 30.1 Å². The molecule has 9 nitrogen and oxygen atoms in total. The van der Waals surface area contributed by atoms with Crippen molar-refractivity contribution in [2.24, 2.45) is 5.92 Å². The Balaban J connectivity index is 1.93. The molecule has 1 aliphatic rings. The fourth-order valence-electron chi connectivity index (χ4n) is 2.67. The predicted molar refractivity (Wildman–Crippen MR) is 119 cm³/mol. The first-order valence-electron chi connectivity index (χ1n) is 10.0. The van der Waals surface area contributed by atoms with E-state index in [2.05, 4.69) is 22.5 Å². The maximum absolute atomic E-state index is 12.5. The van der Waals surface area contributed by atoms with Crippen molar-refractivity contribution < 1.29 is 24.3 Å². The third-order valence-electron chi connectivity index (χ3n) is 4.26. The van der Waals surface area contributed by atoms with Crippen LogP contribution < -0.4 is 21.8 Å². The molecule has 0 spiro atoms. The quantitative estimate of drug-likeness (QED) is 0.204. The van der Waals surface area contributed by atoms with E-state index in [1.54, 1.807) is 51.1 Å². The van der Waals surface area contributed by atoms with Crippen LogP contribution >= 0.6 is 0 Å². The van der Waals surface area contributed by atoms with Gasteiger partial charge >= 0.3 is 6.09 Å². The van der Waals surface area contributed by atoms with Crippen LogP contribution in [0.3, 0.4) is 0 Å². The molecule has 3 amide bonds. The number of nitrogen functional groups attached to an aromatic ring is 1. The Kier molecular flexibility index (Phi) is 8.44. The Morgan fingerprint density at radius 1 is 1.25 bits per heavy atom. The molecule has 0 bridgehead atoms. The minimum absolute atomic E-state index is 0.0607. The Hall–Kier alpha value is -3.77. The Morgan fingerprint density at radius 2 is 1.94 bits per heavy atom. The summed E-state index contributed by atoms with van der Waals surface area (Å²) in [4.78, 5) is 36.2. The number of hydrogen-bond donors (Lipinski definition) is 5. The molecule has 32 heavy (non-hydrogen) atoms. The molecule has 170 valence electrons. The second-order valence-electron chi connectivity index (χ2n) is 8.14. The fraction of sp³-hybridized carbons (Fsp3) is 0.348. The van der Waals surface area contributed by atoms with Crippen LogP contribution in [0.4, 0.5) is 10.5 Å². The average molecular weight is 441 g/mol. The molecule has 0 heterocycles. The lowest BCUT2D eigenvalue weighted by atomic mass is 9.96. The monoisotopic (exact) mass is 440 g/mol. The van der Waals surface area contributed by atoms with Gasteiger partial charge in [-0.2, -0.15) is 0 Å². The first kappa shape index (κ1) is 24.5. The highest BCUT2D eigenvalue weighted by molar-refractivity contribution is 5.99. The van der Waals surface area contributed by atoms with Crippen molar-refractivity contribution in [3.8, 4) is 11.8 Å². The highest BCUT2D eigenvalue weighted by atomic mass is 16.6. The Labute approximate surface area is 187 Å². The van der Waals surface area contributed by atoms with E-state index in [1.165, 1.54) is 5.48 Å². The van der Waals surface area contributed by atoms with Gasteiger partial charge < -0.3 is 21.1 Å². The van der Waals surface area contributed by atoms with Gasteiger partial charge in [0, 0.05) is 22.7 Å². The first-order valence-corrected chi connectivity index (χ1v) is 10.0. The first-order chi connectivity index (χ1) is 15.1. The van der Waals surface area contributed by atoms with Crippen LogP contribution in [0, 0.1) is 17.8 Å². The summed E-state index contributed by atoms with van der Waals surface area (Å²) < 4.78 is 5.10. The van der Waals surface area contributed by atoms with Gasteiger partial charge in [0.05, 0.1) is 6.54 Å². The molecule has 0 fully saturated rings. The molecule has 2 rings (SSSR count). The van der Waals surface area contributed by atoms with Crippen molar-refractivity contribution in [2.45, 2.75) is 38.8 Å². The average Bonchev–Trinajstić information content (AvgIpc) is 2.74. The SMILES string of the molecule is CC(C)(C)OC(=O)NCC(NC(=O)C1=CCC(C#Cc2ccc(N)cc2)C=C1)C(=O)NO. The van der Waals surface area contributed by atoms with Gasteiger partial charge in [-0.3, -0.25) is 14.8 Å². The van der Waals surface area contributed by atoms with Crippen LogP contribution in [0.5, 0.6) is 0 Å².